The van der Waals surface area contributed by atoms with E-state index < -0.39 is 58.3 Å². The van der Waals surface area contributed by atoms with Crippen LogP contribution in [-0.4, -0.2) is 215 Å². The van der Waals surface area contributed by atoms with E-state index in [9.17, 15) is 81.5 Å². The van der Waals surface area contributed by atoms with Crippen LogP contribution in [0.15, 0.2) is 59.1 Å². The molecule has 6 aliphatic heterocycles. The summed E-state index contributed by atoms with van der Waals surface area (Å²) in [5.41, 5.74) is 4.45. The summed E-state index contributed by atoms with van der Waals surface area (Å²) < 4.78 is 38.8. The van der Waals surface area contributed by atoms with Gasteiger partial charge in [0.15, 0.2) is 0 Å². The number of aryl methyl sites for hydroxylation is 1. The van der Waals surface area contributed by atoms with Gasteiger partial charge in [0, 0.05) is 104 Å². The normalized spacial score (nSPS) is 23.7. The van der Waals surface area contributed by atoms with Gasteiger partial charge in [-0.25, -0.2) is 0 Å². The van der Waals surface area contributed by atoms with Crippen LogP contribution in [0, 0.1) is 72.0 Å². The molecule has 3 aromatic rings. The molecule has 0 spiro atoms. The number of esters is 4. The number of alkyl halides is 1. The van der Waals surface area contributed by atoms with Gasteiger partial charge in [0.25, 0.3) is 17.7 Å². The Bertz CT molecular complexity index is 4970. The highest BCUT2D eigenvalue weighted by Gasteiger charge is 2.46. The quantitative estimate of drug-likeness (QED) is 0.0197. The summed E-state index contributed by atoms with van der Waals surface area (Å²) in [4.78, 5) is 201. The fourth-order valence-electron chi connectivity index (χ4n) is 15.6. The van der Waals surface area contributed by atoms with Crippen LogP contribution >= 0.6 is 31.9 Å². The summed E-state index contributed by atoms with van der Waals surface area (Å²) in [6.07, 6.45) is 19.9. The molecule has 12 aliphatic rings. The van der Waals surface area contributed by atoms with Crippen LogP contribution in [0.5, 0.6) is 0 Å². The molecule has 15 rings (SSSR count). The average molecular weight is 1960 g/mol. The number of rotatable bonds is 18. The number of terminal acetylenes is 2. The van der Waals surface area contributed by atoms with Gasteiger partial charge in [-0.2, -0.15) is 0 Å². The number of carboxylic acids is 1. The Kier molecular flexibility index (Phi) is 38.6. The summed E-state index contributed by atoms with van der Waals surface area (Å²) in [6.45, 7) is 26.1. The van der Waals surface area contributed by atoms with E-state index in [2.05, 4.69) is 71.5 Å². The Balaban J connectivity index is 0.000000200. The van der Waals surface area contributed by atoms with E-state index >= 15 is 0 Å². The standard InChI is InChI=1S/C25H32N2O6.C25H28N2O6.C13H11BrN2O3.C9H16O3.C9H14O3.C9H12O2.C5H6O3.C3H3Br/c2*1-25(2,3)33-24(31)16-12-17(13-16)32-11-5-7-15-6-4-8-18-19(15)14-27(23(18)30)20-9-10-21(28)26-22(20)29;14-9-3-1-2-7-8(9)6-16(13(7)19)10-4-5-11(17)15-12(10)18;2*1-9(2,3)12-8(11)6-4-7(10)5-6;1-3-4-11-9-5-8(6-9)7(2)10;6-4-1-3(2-4)5(7)8;1-2-3-4/h4,6,8,16-17,20H,5,7,9-14H2,1-3H3,(H,26,28,29);4,6,8,16-17,20H,9-14H2,1-3H3,(H,26,28,29);1-3,10H,4-6H2,(H,15,17,18);6-7,10H,4-5H2,1-3H3;6H,4-5H2,1-3H3;1,8-9H,4-6H2,2H3;3H,1-2H2,(H,7,8);1H,3H2. The maximum Gasteiger partial charge on any atom is 0.310 e. The number of aliphatic carboxylic acids is 1. The highest BCUT2D eigenvalue weighted by molar-refractivity contribution is 9.10. The number of nitrogens with zero attached hydrogens (tertiary/aromatic N) is 3. The minimum atomic E-state index is -0.843. The van der Waals surface area contributed by atoms with Crippen LogP contribution in [-0.2, 0) is 126 Å². The van der Waals surface area contributed by atoms with Crippen molar-refractivity contribution in [2.75, 3.05) is 25.2 Å². The van der Waals surface area contributed by atoms with E-state index in [0.29, 0.717) is 119 Å². The minimum absolute atomic E-state index is 0.0112. The number of carboxylic acid groups (broad SMARTS) is 1. The summed E-state index contributed by atoms with van der Waals surface area (Å²) in [5, 5.41) is 24.7. The Morgan fingerprint density at radius 1 is 0.462 bits per heavy atom. The van der Waals surface area contributed by atoms with Crippen molar-refractivity contribution in [3.8, 4) is 36.5 Å². The summed E-state index contributed by atoms with van der Waals surface area (Å²) in [6, 6.07) is 14.7. The molecular formula is C98H122Br2N6O26. The van der Waals surface area contributed by atoms with Crippen molar-refractivity contribution in [2.45, 2.75) is 303 Å². The first-order valence-corrected chi connectivity index (χ1v) is 46.4. The van der Waals surface area contributed by atoms with Gasteiger partial charge in [-0.3, -0.25) is 97.5 Å². The molecule has 9 amide bonds. The van der Waals surface area contributed by atoms with E-state index in [1.807, 2.05) is 107 Å². The third-order valence-corrected chi connectivity index (χ3v) is 24.1. The Morgan fingerprint density at radius 2 is 0.818 bits per heavy atom. The number of benzene rings is 3. The first kappa shape index (κ1) is 107. The summed E-state index contributed by atoms with van der Waals surface area (Å²) in [5.74, 6) is 6.57. The van der Waals surface area contributed by atoms with E-state index in [1.54, 1.807) is 42.2 Å². The third-order valence-electron chi connectivity index (χ3n) is 23.0. The van der Waals surface area contributed by atoms with Crippen molar-refractivity contribution in [2.24, 2.45) is 35.5 Å². The highest BCUT2D eigenvalue weighted by Crippen LogP contribution is 2.39. The predicted molar refractivity (Wildman–Crippen MR) is 485 cm³/mol. The Morgan fingerprint density at radius 3 is 1.19 bits per heavy atom. The van der Waals surface area contributed by atoms with Gasteiger partial charge < -0.3 is 58.1 Å². The lowest BCUT2D eigenvalue weighted by Crippen LogP contribution is -2.52. The number of halogens is 2. The molecule has 3 aromatic carbocycles. The molecule has 6 aliphatic carbocycles. The number of fused-ring (bicyclic) bond motifs is 3. The molecule has 0 bridgehead atoms. The number of amides is 9. The van der Waals surface area contributed by atoms with Crippen LogP contribution < -0.4 is 16.0 Å². The van der Waals surface area contributed by atoms with Gasteiger partial charge in [-0.1, -0.05) is 79.8 Å². The number of nitrogens with one attached hydrogen (secondary N) is 3. The van der Waals surface area contributed by atoms with Gasteiger partial charge in [-0.15, -0.1) is 12.8 Å². The van der Waals surface area contributed by atoms with Gasteiger partial charge in [-0.05, 0) is 226 Å². The van der Waals surface area contributed by atoms with Crippen molar-refractivity contribution in [1.29, 1.82) is 0 Å². The smallest absolute Gasteiger partial charge is 0.310 e. The molecule has 32 nitrogen and oxygen atoms in total. The monoisotopic (exact) mass is 1960 g/mol. The van der Waals surface area contributed by atoms with Crippen LogP contribution in [0.1, 0.15) is 271 Å². The molecule has 6 saturated carbocycles. The number of piperidine rings is 3. The molecule has 132 heavy (non-hydrogen) atoms. The number of aliphatic hydroxyl groups is 1. The zero-order valence-corrected chi connectivity index (χ0v) is 80.4. The molecular weight excluding hydrogens is 1840 g/mol. The number of carbonyl (C=O) groups is 17. The van der Waals surface area contributed by atoms with E-state index in [-0.39, 0.29) is 188 Å². The lowest BCUT2D eigenvalue weighted by molar-refractivity contribution is -0.169. The van der Waals surface area contributed by atoms with Gasteiger partial charge in [0.2, 0.25) is 35.4 Å². The molecule has 3 saturated heterocycles. The molecule has 714 valence electrons. The average Bonchev–Trinajstić information content (AvgIpc) is 1.63. The molecule has 0 aromatic heterocycles. The van der Waals surface area contributed by atoms with Crippen LogP contribution in [0.2, 0.25) is 0 Å². The number of ether oxygens (including phenoxy) is 7. The van der Waals surface area contributed by atoms with Crippen LogP contribution in [0.25, 0.3) is 0 Å². The molecule has 5 N–H and O–H groups in total. The van der Waals surface area contributed by atoms with Crippen molar-refractivity contribution < 1.29 is 125 Å². The fraction of sp³-hybridized carbons (Fsp3) is 0.582. The largest absolute Gasteiger partial charge is 0.481 e. The first-order chi connectivity index (χ1) is 61.9. The molecule has 6 heterocycles. The van der Waals surface area contributed by atoms with Crippen molar-refractivity contribution >= 4 is 132 Å². The second-order valence-electron chi connectivity index (χ2n) is 38.2. The van der Waals surface area contributed by atoms with Crippen molar-refractivity contribution in [1.82, 2.24) is 30.7 Å². The summed E-state index contributed by atoms with van der Waals surface area (Å²) in [7, 11) is 0. The maximum atomic E-state index is 12.9. The van der Waals surface area contributed by atoms with Crippen molar-refractivity contribution in [3.05, 3.63) is 104 Å². The number of Topliss-reactive ketones (excluding diaryl/α,β-unsaturated/α-hetero) is 3. The molecule has 0 radical (unpaired) electrons. The fourth-order valence-corrected chi connectivity index (χ4v) is 16.1. The Hall–Kier alpha value is -10.7. The molecule has 3 unspecified atom stereocenters. The lowest BCUT2D eigenvalue weighted by atomic mass is 9.80. The van der Waals surface area contributed by atoms with E-state index in [4.69, 9.17) is 56.2 Å². The van der Waals surface area contributed by atoms with Crippen molar-refractivity contribution in [3.63, 3.8) is 0 Å². The van der Waals surface area contributed by atoms with Crippen LogP contribution in [0.4, 0.5) is 0 Å². The van der Waals surface area contributed by atoms with E-state index in [1.165, 1.54) is 9.80 Å². The zero-order valence-electron chi connectivity index (χ0n) is 77.2. The molecule has 9 fully saturated rings. The third kappa shape index (κ3) is 31.8. The van der Waals surface area contributed by atoms with Gasteiger partial charge >= 0.3 is 29.8 Å². The number of imide groups is 3. The molecule has 3 atom stereocenters. The zero-order chi connectivity index (χ0) is 97.6. The minimum Gasteiger partial charge on any atom is -0.481 e. The topological polar surface area (TPSA) is 441 Å². The molecule has 34 heteroatoms. The predicted octanol–water partition coefficient (Wildman–Crippen LogP) is 10.1. The lowest BCUT2D eigenvalue weighted by Gasteiger charge is -2.35. The van der Waals surface area contributed by atoms with E-state index in [0.717, 1.165) is 58.0 Å². The Labute approximate surface area is 787 Å². The second-order valence-corrected chi connectivity index (χ2v) is 39.7. The number of hydrogen-bond donors (Lipinski definition) is 5. The number of carbonyl (C=O) groups excluding carboxylic acids is 16. The number of hydrogen-bond acceptors (Lipinski definition) is 25. The first-order valence-electron chi connectivity index (χ1n) is 44.5. The van der Waals surface area contributed by atoms with Crippen LogP contribution in [0.3, 0.4) is 0 Å². The highest BCUT2D eigenvalue weighted by atomic mass is 79.9. The van der Waals surface area contributed by atoms with Gasteiger partial charge in [0.05, 0.1) is 59.3 Å². The second kappa shape index (κ2) is 47.8. The number of ketones is 3. The van der Waals surface area contributed by atoms with Gasteiger partial charge in [0.1, 0.15) is 71.1 Å². The maximum absolute atomic E-state index is 12.9. The number of aliphatic hydroxyl groups excluding tert-OH is 1. The summed E-state index contributed by atoms with van der Waals surface area (Å²) >= 11 is 6.43. The SMILES string of the molecule is C#CCBr.C#CCOC1CC(C(C)=O)C1.CC(C)(C)OC(=O)C1CC(=O)C1.CC(C)(C)OC(=O)C1CC(O)C1.CC(C)(C)OC(=O)C1CC(OCC#Cc2cccc3c2CN(C2CCC(=O)NC2=O)C3=O)C1.CC(C)(C)OC(=O)C1CC(OCCCc2cccc3c2CN(C2CCC(=O)NC2=O)C3=O)C1.O=C1CC(C(=O)O)C1.O=C1CCC(N2Cc3c(Br)cccc3C2=O)C(=O)N1.